The molecule has 0 unspecified atom stereocenters. The summed E-state index contributed by atoms with van der Waals surface area (Å²) in [6.07, 6.45) is 1.37. The van der Waals surface area contributed by atoms with Gasteiger partial charge < -0.3 is 9.73 Å². The molecule has 0 bridgehead atoms. The van der Waals surface area contributed by atoms with Crippen LogP contribution < -0.4 is 10.0 Å². The molecule has 0 aliphatic carbocycles. The number of nitrogens with one attached hydrogen (secondary N) is 2. The molecule has 26 heavy (non-hydrogen) atoms. The first-order valence-corrected chi connectivity index (χ1v) is 9.45. The van der Waals surface area contributed by atoms with Crippen molar-refractivity contribution in [3.63, 3.8) is 0 Å². The summed E-state index contributed by atoms with van der Waals surface area (Å²) in [7, 11) is -3.82. The maximum absolute atomic E-state index is 12.6. The fourth-order valence-electron chi connectivity index (χ4n) is 2.22. The van der Waals surface area contributed by atoms with Gasteiger partial charge in [-0.2, -0.15) is 0 Å². The highest BCUT2D eigenvalue weighted by Gasteiger charge is 2.18. The summed E-state index contributed by atoms with van der Waals surface area (Å²) < 4.78 is 32.7. The SMILES string of the molecule is Cc1ccc(S(=O)(=O)Nc2ccc(Cl)cc2NC(=O)c2ccco2)cc1. The molecule has 3 rings (SSSR count). The molecule has 0 saturated carbocycles. The molecular formula is C18H15ClN2O4S. The van der Waals surface area contributed by atoms with Gasteiger partial charge in [0, 0.05) is 5.02 Å². The molecular weight excluding hydrogens is 376 g/mol. The van der Waals surface area contributed by atoms with Gasteiger partial charge >= 0.3 is 0 Å². The van der Waals surface area contributed by atoms with E-state index in [0.717, 1.165) is 5.56 Å². The minimum atomic E-state index is -3.82. The van der Waals surface area contributed by atoms with Crippen LogP contribution >= 0.6 is 11.6 Å². The Labute approximate surface area is 155 Å². The Bertz CT molecular complexity index is 1030. The molecule has 2 N–H and O–H groups in total. The number of hydrogen-bond acceptors (Lipinski definition) is 4. The summed E-state index contributed by atoms with van der Waals surface area (Å²) in [6, 6.07) is 14.0. The molecule has 134 valence electrons. The molecule has 1 amide bonds. The Morgan fingerprint density at radius 1 is 1.04 bits per heavy atom. The Hall–Kier alpha value is -2.77. The van der Waals surface area contributed by atoms with E-state index < -0.39 is 15.9 Å². The number of rotatable bonds is 5. The zero-order valence-corrected chi connectivity index (χ0v) is 15.3. The van der Waals surface area contributed by atoms with Gasteiger partial charge in [0.2, 0.25) is 0 Å². The number of furan rings is 1. The van der Waals surface area contributed by atoms with Crippen LogP contribution in [0.4, 0.5) is 11.4 Å². The second kappa shape index (κ2) is 7.23. The van der Waals surface area contributed by atoms with Crippen LogP contribution in [0.3, 0.4) is 0 Å². The lowest BCUT2D eigenvalue weighted by atomic mass is 10.2. The average molecular weight is 391 g/mol. The van der Waals surface area contributed by atoms with E-state index in [1.807, 2.05) is 6.92 Å². The van der Waals surface area contributed by atoms with E-state index in [4.69, 9.17) is 16.0 Å². The second-order valence-electron chi connectivity index (χ2n) is 5.54. The highest BCUT2D eigenvalue weighted by molar-refractivity contribution is 7.92. The zero-order valence-electron chi connectivity index (χ0n) is 13.7. The van der Waals surface area contributed by atoms with Crippen LogP contribution in [-0.4, -0.2) is 14.3 Å². The minimum absolute atomic E-state index is 0.0947. The number of carbonyl (C=O) groups excluding carboxylic acids is 1. The van der Waals surface area contributed by atoms with Crippen molar-refractivity contribution < 1.29 is 17.6 Å². The fraction of sp³-hybridized carbons (Fsp3) is 0.0556. The lowest BCUT2D eigenvalue weighted by Crippen LogP contribution is -2.17. The van der Waals surface area contributed by atoms with Crippen molar-refractivity contribution in [2.45, 2.75) is 11.8 Å². The van der Waals surface area contributed by atoms with Gasteiger partial charge in [-0.25, -0.2) is 8.42 Å². The summed E-state index contributed by atoms with van der Waals surface area (Å²) in [4.78, 5) is 12.3. The van der Waals surface area contributed by atoms with Crippen LogP contribution in [0.5, 0.6) is 0 Å². The van der Waals surface area contributed by atoms with Gasteiger partial charge in [-0.3, -0.25) is 9.52 Å². The number of hydrogen-bond donors (Lipinski definition) is 2. The quantitative estimate of drug-likeness (QED) is 0.680. The molecule has 1 heterocycles. The van der Waals surface area contributed by atoms with Crippen molar-refractivity contribution in [3.05, 3.63) is 77.2 Å². The van der Waals surface area contributed by atoms with E-state index in [1.54, 1.807) is 18.2 Å². The van der Waals surface area contributed by atoms with Gasteiger partial charge in [0.25, 0.3) is 15.9 Å². The standard InChI is InChI=1S/C18H15ClN2O4S/c1-12-4-7-14(8-5-12)26(23,24)21-15-9-6-13(19)11-16(15)20-18(22)17-3-2-10-25-17/h2-11,21H,1H3,(H,20,22). The lowest BCUT2D eigenvalue weighted by Gasteiger charge is -2.14. The molecule has 0 saturated heterocycles. The van der Waals surface area contributed by atoms with E-state index in [-0.39, 0.29) is 22.0 Å². The van der Waals surface area contributed by atoms with E-state index in [1.165, 1.54) is 42.7 Å². The van der Waals surface area contributed by atoms with Gasteiger partial charge in [0.1, 0.15) is 0 Å². The summed E-state index contributed by atoms with van der Waals surface area (Å²) in [5.41, 5.74) is 1.35. The van der Waals surface area contributed by atoms with Crippen molar-refractivity contribution >= 4 is 38.9 Å². The highest BCUT2D eigenvalue weighted by atomic mass is 35.5. The predicted molar refractivity (Wildman–Crippen MR) is 100 cm³/mol. The first-order valence-electron chi connectivity index (χ1n) is 7.59. The number of anilines is 2. The first kappa shape index (κ1) is 18.0. The van der Waals surface area contributed by atoms with Crippen molar-refractivity contribution in [3.8, 4) is 0 Å². The van der Waals surface area contributed by atoms with E-state index in [9.17, 15) is 13.2 Å². The molecule has 0 atom stereocenters. The molecule has 0 fully saturated rings. The van der Waals surface area contributed by atoms with Crippen molar-refractivity contribution in [1.82, 2.24) is 0 Å². The molecule has 0 aliphatic heterocycles. The van der Waals surface area contributed by atoms with Crippen molar-refractivity contribution in [2.24, 2.45) is 0 Å². The maximum Gasteiger partial charge on any atom is 0.291 e. The van der Waals surface area contributed by atoms with Crippen LogP contribution in [0.15, 0.2) is 70.2 Å². The number of sulfonamides is 1. The molecule has 6 nitrogen and oxygen atoms in total. The molecule has 0 aliphatic rings. The molecule has 1 aromatic heterocycles. The molecule has 3 aromatic rings. The van der Waals surface area contributed by atoms with Gasteiger partial charge in [0.05, 0.1) is 22.5 Å². The topological polar surface area (TPSA) is 88.4 Å². The Morgan fingerprint density at radius 3 is 2.42 bits per heavy atom. The van der Waals surface area contributed by atoms with Crippen LogP contribution in [0.2, 0.25) is 5.02 Å². The molecule has 0 spiro atoms. The third-order valence-corrected chi connectivity index (χ3v) is 5.17. The van der Waals surface area contributed by atoms with Crippen LogP contribution in [0, 0.1) is 6.92 Å². The smallest absolute Gasteiger partial charge is 0.291 e. The van der Waals surface area contributed by atoms with E-state index in [2.05, 4.69) is 10.0 Å². The number of carbonyl (C=O) groups is 1. The maximum atomic E-state index is 12.6. The first-order chi connectivity index (χ1) is 12.3. The van der Waals surface area contributed by atoms with Gasteiger partial charge in [-0.1, -0.05) is 29.3 Å². The van der Waals surface area contributed by atoms with Crippen LogP contribution in [0.1, 0.15) is 16.1 Å². The number of aryl methyl sites for hydroxylation is 1. The predicted octanol–water partition coefficient (Wildman–Crippen LogP) is 4.29. The van der Waals surface area contributed by atoms with Crippen molar-refractivity contribution in [2.75, 3.05) is 10.0 Å². The number of halogens is 1. The summed E-state index contributed by atoms with van der Waals surface area (Å²) in [6.45, 7) is 1.87. The third-order valence-electron chi connectivity index (χ3n) is 3.55. The average Bonchev–Trinajstić information content (AvgIpc) is 3.12. The summed E-state index contributed by atoms with van der Waals surface area (Å²) in [5.74, 6) is -0.426. The minimum Gasteiger partial charge on any atom is -0.459 e. The lowest BCUT2D eigenvalue weighted by molar-refractivity contribution is 0.0996. The van der Waals surface area contributed by atoms with Gasteiger partial charge in [-0.15, -0.1) is 0 Å². The molecule has 2 aromatic carbocycles. The fourth-order valence-corrected chi connectivity index (χ4v) is 3.47. The Morgan fingerprint density at radius 2 is 1.77 bits per heavy atom. The van der Waals surface area contributed by atoms with E-state index >= 15 is 0 Å². The monoisotopic (exact) mass is 390 g/mol. The number of benzene rings is 2. The molecule has 8 heteroatoms. The second-order valence-corrected chi connectivity index (χ2v) is 7.66. The zero-order chi connectivity index (χ0) is 18.7. The highest BCUT2D eigenvalue weighted by Crippen LogP contribution is 2.28. The largest absolute Gasteiger partial charge is 0.459 e. The Kier molecular flexibility index (Phi) is 5.01. The van der Waals surface area contributed by atoms with E-state index in [0.29, 0.717) is 5.02 Å². The normalized spacial score (nSPS) is 11.2. The number of amides is 1. The van der Waals surface area contributed by atoms with Crippen molar-refractivity contribution in [1.29, 1.82) is 0 Å². The van der Waals surface area contributed by atoms with Gasteiger partial charge in [0.15, 0.2) is 5.76 Å². The third kappa shape index (κ3) is 4.07. The van der Waals surface area contributed by atoms with Crippen LogP contribution in [-0.2, 0) is 10.0 Å². The van der Waals surface area contributed by atoms with Gasteiger partial charge in [-0.05, 0) is 49.4 Å². The summed E-state index contributed by atoms with van der Waals surface area (Å²) in [5, 5.41) is 2.94. The van der Waals surface area contributed by atoms with Crippen LogP contribution in [0.25, 0.3) is 0 Å². The summed E-state index contributed by atoms with van der Waals surface area (Å²) >= 11 is 5.98. The Balaban J connectivity index is 1.90. The molecule has 0 radical (unpaired) electrons.